The van der Waals surface area contributed by atoms with Gasteiger partial charge in [-0.1, -0.05) is 0 Å². The summed E-state index contributed by atoms with van der Waals surface area (Å²) in [5.74, 6) is -0.227. The van der Waals surface area contributed by atoms with Gasteiger partial charge in [0.15, 0.2) is 0 Å². The molecular formula is C10H15N5O4. The lowest BCUT2D eigenvalue weighted by atomic mass is 10.3. The first-order chi connectivity index (χ1) is 9.04. The van der Waals surface area contributed by atoms with Gasteiger partial charge in [-0.15, -0.1) is 0 Å². The zero-order valence-electron chi connectivity index (χ0n) is 10.4. The van der Waals surface area contributed by atoms with E-state index in [1.165, 1.54) is 19.2 Å². The molecule has 1 aromatic heterocycles. The van der Waals surface area contributed by atoms with E-state index in [1.54, 1.807) is 0 Å². The summed E-state index contributed by atoms with van der Waals surface area (Å²) in [5.41, 5.74) is 5.20. The molecule has 104 valence electrons. The van der Waals surface area contributed by atoms with Crippen molar-refractivity contribution in [2.75, 3.05) is 37.9 Å². The van der Waals surface area contributed by atoms with Gasteiger partial charge in [0.2, 0.25) is 11.7 Å². The first-order valence-electron chi connectivity index (χ1n) is 5.45. The molecule has 0 aromatic carbocycles. The smallest absolute Gasteiger partial charge is 0.311 e. The van der Waals surface area contributed by atoms with Crippen molar-refractivity contribution in [3.05, 3.63) is 22.2 Å². The van der Waals surface area contributed by atoms with Crippen LogP contribution in [0, 0.1) is 10.1 Å². The van der Waals surface area contributed by atoms with E-state index in [4.69, 9.17) is 10.5 Å². The third-order valence-electron chi connectivity index (χ3n) is 2.14. The summed E-state index contributed by atoms with van der Waals surface area (Å²) >= 11 is 0. The largest absolute Gasteiger partial charge is 0.384 e. The zero-order chi connectivity index (χ0) is 14.3. The topological polar surface area (TPSA) is 132 Å². The summed E-state index contributed by atoms with van der Waals surface area (Å²) in [4.78, 5) is 25.3. The summed E-state index contributed by atoms with van der Waals surface area (Å²) in [6.07, 6.45) is 0. The van der Waals surface area contributed by atoms with Gasteiger partial charge in [-0.05, 0) is 6.07 Å². The molecule has 1 aromatic rings. The molecule has 0 radical (unpaired) electrons. The van der Waals surface area contributed by atoms with Crippen LogP contribution < -0.4 is 16.4 Å². The van der Waals surface area contributed by atoms with E-state index in [1.807, 2.05) is 0 Å². The molecule has 0 spiro atoms. The molecule has 1 rings (SSSR count). The summed E-state index contributed by atoms with van der Waals surface area (Å²) in [6.45, 7) is 0.618. The second-order valence-electron chi connectivity index (χ2n) is 3.56. The molecule has 0 aliphatic carbocycles. The van der Waals surface area contributed by atoms with Crippen molar-refractivity contribution in [2.45, 2.75) is 0 Å². The molecule has 0 aliphatic heterocycles. The van der Waals surface area contributed by atoms with Crippen LogP contribution in [-0.2, 0) is 9.53 Å². The maximum atomic E-state index is 11.4. The minimum absolute atomic E-state index is 0.0353. The van der Waals surface area contributed by atoms with Crippen LogP contribution in [0.25, 0.3) is 0 Å². The predicted octanol–water partition coefficient (Wildman–Crippen LogP) is -0.253. The van der Waals surface area contributed by atoms with Gasteiger partial charge in [-0.25, -0.2) is 4.98 Å². The number of amides is 1. The minimum Gasteiger partial charge on any atom is -0.384 e. The quantitative estimate of drug-likeness (QED) is 0.353. The molecular weight excluding hydrogens is 254 g/mol. The number of ether oxygens (including phenoxy) is 1. The number of pyridine rings is 1. The first-order valence-corrected chi connectivity index (χ1v) is 5.45. The van der Waals surface area contributed by atoms with Gasteiger partial charge in [0, 0.05) is 19.7 Å². The molecule has 0 aliphatic rings. The molecule has 0 saturated carbocycles. The standard InChI is InChI=1S/C10H15N5O4/c1-19-5-4-12-9(16)6-13-10-7(15(17)18)2-3-8(11)14-10/h2-3H,4-6H2,1H3,(H,12,16)(H3,11,13,14). The third kappa shape index (κ3) is 4.76. The second-order valence-corrected chi connectivity index (χ2v) is 3.56. The SMILES string of the molecule is COCCNC(=O)CNc1nc(N)ccc1[N+](=O)[O-]. The number of nitrogens with two attached hydrogens (primary N) is 1. The molecule has 19 heavy (non-hydrogen) atoms. The van der Waals surface area contributed by atoms with Crippen LogP contribution in [0.5, 0.6) is 0 Å². The Bertz CT molecular complexity index is 465. The Kier molecular flexibility index (Phi) is 5.48. The number of nitro groups is 1. The highest BCUT2D eigenvalue weighted by Gasteiger charge is 2.15. The molecule has 1 heterocycles. The lowest BCUT2D eigenvalue weighted by Crippen LogP contribution is -2.32. The van der Waals surface area contributed by atoms with Crippen LogP contribution in [-0.4, -0.2) is 42.6 Å². The monoisotopic (exact) mass is 269 g/mol. The number of carbonyl (C=O) groups excluding carboxylic acids is 1. The minimum atomic E-state index is -0.600. The highest BCUT2D eigenvalue weighted by Crippen LogP contribution is 2.22. The summed E-state index contributed by atoms with van der Waals surface area (Å²) < 4.78 is 4.77. The highest BCUT2D eigenvalue weighted by atomic mass is 16.6. The molecule has 4 N–H and O–H groups in total. The van der Waals surface area contributed by atoms with Crippen molar-refractivity contribution in [1.29, 1.82) is 0 Å². The van der Waals surface area contributed by atoms with E-state index in [-0.39, 0.29) is 29.8 Å². The Labute approximate surface area is 109 Å². The number of anilines is 2. The van der Waals surface area contributed by atoms with Crippen molar-refractivity contribution in [3.8, 4) is 0 Å². The van der Waals surface area contributed by atoms with E-state index >= 15 is 0 Å². The van der Waals surface area contributed by atoms with E-state index in [9.17, 15) is 14.9 Å². The van der Waals surface area contributed by atoms with E-state index in [2.05, 4.69) is 15.6 Å². The van der Waals surface area contributed by atoms with Gasteiger partial charge in [0.25, 0.3) is 0 Å². The van der Waals surface area contributed by atoms with Crippen molar-refractivity contribution in [1.82, 2.24) is 10.3 Å². The van der Waals surface area contributed by atoms with Crippen molar-refractivity contribution < 1.29 is 14.5 Å². The molecule has 0 bridgehead atoms. The van der Waals surface area contributed by atoms with Gasteiger partial charge in [-0.2, -0.15) is 0 Å². The van der Waals surface area contributed by atoms with Crippen LogP contribution in [0.4, 0.5) is 17.3 Å². The number of methoxy groups -OCH3 is 1. The summed E-state index contributed by atoms with van der Waals surface area (Å²) in [6, 6.07) is 2.55. The molecule has 0 saturated heterocycles. The van der Waals surface area contributed by atoms with Gasteiger partial charge < -0.3 is 21.1 Å². The Morgan fingerprint density at radius 3 is 2.95 bits per heavy atom. The fraction of sp³-hybridized carbons (Fsp3) is 0.400. The number of rotatable bonds is 7. The second kappa shape index (κ2) is 7.11. The molecule has 1 amide bonds. The molecule has 9 heteroatoms. The Balaban J connectivity index is 2.59. The maximum absolute atomic E-state index is 11.4. The number of aromatic nitrogens is 1. The highest BCUT2D eigenvalue weighted by molar-refractivity contribution is 5.81. The fourth-order valence-corrected chi connectivity index (χ4v) is 1.26. The van der Waals surface area contributed by atoms with E-state index in [0.29, 0.717) is 13.2 Å². The van der Waals surface area contributed by atoms with Crippen LogP contribution in [0.15, 0.2) is 12.1 Å². The van der Waals surface area contributed by atoms with Crippen LogP contribution in [0.1, 0.15) is 0 Å². The first kappa shape index (κ1) is 14.6. The zero-order valence-corrected chi connectivity index (χ0v) is 10.4. The van der Waals surface area contributed by atoms with Gasteiger partial charge in [-0.3, -0.25) is 14.9 Å². The predicted molar refractivity (Wildman–Crippen MR) is 68.7 cm³/mol. The molecule has 0 unspecified atom stereocenters. The lowest BCUT2D eigenvalue weighted by molar-refractivity contribution is -0.384. The van der Waals surface area contributed by atoms with Gasteiger partial charge in [0.1, 0.15) is 5.82 Å². The van der Waals surface area contributed by atoms with Crippen molar-refractivity contribution >= 4 is 23.2 Å². The maximum Gasteiger partial charge on any atom is 0.311 e. The van der Waals surface area contributed by atoms with Gasteiger partial charge in [0.05, 0.1) is 18.1 Å². The van der Waals surface area contributed by atoms with Crippen LogP contribution in [0.2, 0.25) is 0 Å². The number of nitrogens with one attached hydrogen (secondary N) is 2. The third-order valence-corrected chi connectivity index (χ3v) is 2.14. The Hall–Kier alpha value is -2.42. The Morgan fingerprint density at radius 2 is 2.32 bits per heavy atom. The number of carbonyl (C=O) groups is 1. The lowest BCUT2D eigenvalue weighted by Gasteiger charge is -2.07. The van der Waals surface area contributed by atoms with Crippen LogP contribution >= 0.6 is 0 Å². The van der Waals surface area contributed by atoms with E-state index < -0.39 is 4.92 Å². The number of hydrogen-bond donors (Lipinski definition) is 3. The van der Waals surface area contributed by atoms with Crippen molar-refractivity contribution in [2.24, 2.45) is 0 Å². The summed E-state index contributed by atoms with van der Waals surface area (Å²) in [5, 5.41) is 15.9. The number of nitrogens with zero attached hydrogens (tertiary/aromatic N) is 2. The van der Waals surface area contributed by atoms with Crippen molar-refractivity contribution in [3.63, 3.8) is 0 Å². The average molecular weight is 269 g/mol. The molecule has 0 fully saturated rings. The number of hydrogen-bond acceptors (Lipinski definition) is 7. The Morgan fingerprint density at radius 1 is 1.58 bits per heavy atom. The molecule has 0 atom stereocenters. The van der Waals surface area contributed by atoms with E-state index in [0.717, 1.165) is 0 Å². The van der Waals surface area contributed by atoms with Gasteiger partial charge >= 0.3 is 5.69 Å². The number of nitrogen functional groups attached to an aromatic ring is 1. The average Bonchev–Trinajstić information content (AvgIpc) is 2.36. The van der Waals surface area contributed by atoms with Crippen LogP contribution in [0.3, 0.4) is 0 Å². The summed E-state index contributed by atoms with van der Waals surface area (Å²) in [7, 11) is 1.52. The fourth-order valence-electron chi connectivity index (χ4n) is 1.26. The normalized spacial score (nSPS) is 9.95. The molecule has 9 nitrogen and oxygen atoms in total.